The minimum atomic E-state index is -0.123. The van der Waals surface area contributed by atoms with Gasteiger partial charge in [-0.1, -0.05) is 0 Å². The van der Waals surface area contributed by atoms with Crippen molar-refractivity contribution in [3.05, 3.63) is 18.0 Å². The number of nitrogens with one attached hydrogen (secondary N) is 3. The Bertz CT molecular complexity index is 387. The topological polar surface area (TPSA) is 85.3 Å². The van der Waals surface area contributed by atoms with Gasteiger partial charge < -0.3 is 15.7 Å². The highest BCUT2D eigenvalue weighted by Gasteiger charge is 2.19. The lowest BCUT2D eigenvalue weighted by atomic mass is 9.93. The third-order valence-electron chi connectivity index (χ3n) is 3.35. The van der Waals surface area contributed by atoms with Gasteiger partial charge in [-0.05, 0) is 38.7 Å². The van der Waals surface area contributed by atoms with Crippen LogP contribution in [-0.4, -0.2) is 40.0 Å². The first-order valence-corrected chi connectivity index (χ1v) is 6.99. The van der Waals surface area contributed by atoms with E-state index >= 15 is 0 Å². The molecule has 0 amide bonds. The fraction of sp³-hybridized carbons (Fsp3) is 0.692. The first kappa shape index (κ1) is 17.2. The van der Waals surface area contributed by atoms with Crippen LogP contribution >= 0.6 is 24.0 Å². The number of H-pyrrole nitrogens is 1. The summed E-state index contributed by atoms with van der Waals surface area (Å²) in [5, 5.41) is 23.0. The van der Waals surface area contributed by atoms with Gasteiger partial charge in [-0.3, -0.25) is 5.10 Å². The molecule has 0 spiro atoms. The Hall–Kier alpha value is -0.830. The molecule has 0 aromatic carbocycles. The largest absolute Gasteiger partial charge is 0.393 e. The van der Waals surface area contributed by atoms with Crippen molar-refractivity contribution in [3.8, 4) is 0 Å². The molecule has 0 saturated heterocycles. The third kappa shape index (κ3) is 5.66. The van der Waals surface area contributed by atoms with Crippen LogP contribution in [0.2, 0.25) is 0 Å². The maximum absolute atomic E-state index is 9.51. The summed E-state index contributed by atoms with van der Waals surface area (Å²) in [6.07, 6.45) is 5.34. The molecule has 0 radical (unpaired) electrons. The number of hydrogen-bond acceptors (Lipinski definition) is 3. The van der Waals surface area contributed by atoms with E-state index in [0.717, 1.165) is 43.9 Å². The molecule has 0 aliphatic heterocycles. The van der Waals surface area contributed by atoms with Crippen molar-refractivity contribution in [1.82, 2.24) is 20.8 Å². The van der Waals surface area contributed by atoms with E-state index in [-0.39, 0.29) is 30.1 Å². The Morgan fingerprint density at radius 3 is 2.80 bits per heavy atom. The lowest BCUT2D eigenvalue weighted by Gasteiger charge is -2.27. The predicted molar refractivity (Wildman–Crippen MR) is 90.2 cm³/mol. The van der Waals surface area contributed by atoms with Gasteiger partial charge in [0.05, 0.1) is 18.3 Å². The summed E-state index contributed by atoms with van der Waals surface area (Å²) >= 11 is 0. The Kier molecular flexibility index (Phi) is 7.90. The zero-order chi connectivity index (χ0) is 13.5. The molecule has 114 valence electrons. The van der Waals surface area contributed by atoms with E-state index in [0.29, 0.717) is 12.6 Å². The highest BCUT2D eigenvalue weighted by atomic mass is 127. The van der Waals surface area contributed by atoms with Gasteiger partial charge >= 0.3 is 0 Å². The lowest BCUT2D eigenvalue weighted by molar-refractivity contribution is 0.120. The average Bonchev–Trinajstić information content (AvgIpc) is 2.92. The molecule has 0 atom stereocenters. The monoisotopic (exact) mass is 393 g/mol. The number of aliphatic imine (C=N–C) groups is 1. The van der Waals surface area contributed by atoms with Gasteiger partial charge in [0.1, 0.15) is 0 Å². The highest BCUT2D eigenvalue weighted by Crippen LogP contribution is 2.18. The SMILES string of the molecule is CCNC(=NCc1ccn[nH]1)NC1CCC(O)CC1.I. The standard InChI is InChI=1S/C13H23N5O.HI/c1-2-14-13(15-9-11-7-8-16-18-11)17-10-3-5-12(19)6-4-10;/h7-8,10,12,19H,2-6,9H2,1H3,(H,16,18)(H2,14,15,17);1H. The van der Waals surface area contributed by atoms with Crippen LogP contribution in [0.3, 0.4) is 0 Å². The summed E-state index contributed by atoms with van der Waals surface area (Å²) < 4.78 is 0. The lowest BCUT2D eigenvalue weighted by Crippen LogP contribution is -2.45. The molecule has 1 heterocycles. The Labute approximate surface area is 136 Å². The number of hydrogen-bond donors (Lipinski definition) is 4. The van der Waals surface area contributed by atoms with Crippen molar-refractivity contribution in [1.29, 1.82) is 0 Å². The Balaban J connectivity index is 0.00000200. The van der Waals surface area contributed by atoms with E-state index in [1.54, 1.807) is 6.20 Å². The molecule has 0 bridgehead atoms. The number of aromatic amines is 1. The smallest absolute Gasteiger partial charge is 0.191 e. The molecule has 2 rings (SSSR count). The van der Waals surface area contributed by atoms with Crippen LogP contribution in [-0.2, 0) is 6.54 Å². The van der Waals surface area contributed by atoms with Crippen LogP contribution in [0.5, 0.6) is 0 Å². The molecule has 1 saturated carbocycles. The minimum Gasteiger partial charge on any atom is -0.393 e. The average molecular weight is 393 g/mol. The third-order valence-corrected chi connectivity index (χ3v) is 3.35. The summed E-state index contributed by atoms with van der Waals surface area (Å²) in [5.74, 6) is 0.832. The second-order valence-corrected chi connectivity index (χ2v) is 4.93. The van der Waals surface area contributed by atoms with E-state index < -0.39 is 0 Å². The second-order valence-electron chi connectivity index (χ2n) is 4.93. The van der Waals surface area contributed by atoms with Crippen molar-refractivity contribution in [2.24, 2.45) is 4.99 Å². The van der Waals surface area contributed by atoms with Crippen molar-refractivity contribution >= 4 is 29.9 Å². The van der Waals surface area contributed by atoms with Gasteiger partial charge in [0.15, 0.2) is 5.96 Å². The first-order chi connectivity index (χ1) is 9.28. The van der Waals surface area contributed by atoms with Crippen LogP contribution in [0.4, 0.5) is 0 Å². The normalized spacial score (nSPS) is 23.0. The van der Waals surface area contributed by atoms with Crippen molar-refractivity contribution < 1.29 is 5.11 Å². The Morgan fingerprint density at radius 2 is 2.20 bits per heavy atom. The van der Waals surface area contributed by atoms with E-state index in [2.05, 4.69) is 32.7 Å². The number of guanidine groups is 1. The maximum Gasteiger partial charge on any atom is 0.191 e. The van der Waals surface area contributed by atoms with Crippen molar-refractivity contribution in [2.75, 3.05) is 6.54 Å². The van der Waals surface area contributed by atoms with E-state index in [9.17, 15) is 5.11 Å². The molecular weight excluding hydrogens is 369 g/mol. The van der Waals surface area contributed by atoms with Crippen LogP contribution in [0.1, 0.15) is 38.3 Å². The van der Waals surface area contributed by atoms with Crippen LogP contribution < -0.4 is 10.6 Å². The molecule has 6 nitrogen and oxygen atoms in total. The second kappa shape index (κ2) is 9.17. The number of halogens is 1. The number of aromatic nitrogens is 2. The molecule has 1 aromatic heterocycles. The van der Waals surface area contributed by atoms with Crippen LogP contribution in [0.25, 0.3) is 0 Å². The van der Waals surface area contributed by atoms with Crippen molar-refractivity contribution in [3.63, 3.8) is 0 Å². The zero-order valence-corrected chi connectivity index (χ0v) is 14.1. The van der Waals surface area contributed by atoms with Gasteiger partial charge in [-0.25, -0.2) is 4.99 Å². The fourth-order valence-electron chi connectivity index (χ4n) is 2.27. The molecule has 7 heteroatoms. The summed E-state index contributed by atoms with van der Waals surface area (Å²) in [7, 11) is 0. The number of rotatable bonds is 4. The van der Waals surface area contributed by atoms with Crippen LogP contribution in [0, 0.1) is 0 Å². The van der Waals surface area contributed by atoms with Crippen LogP contribution in [0.15, 0.2) is 17.3 Å². The number of aliphatic hydroxyl groups is 1. The van der Waals surface area contributed by atoms with E-state index in [1.165, 1.54) is 0 Å². The molecule has 0 unspecified atom stereocenters. The molecule has 20 heavy (non-hydrogen) atoms. The summed E-state index contributed by atoms with van der Waals surface area (Å²) in [6, 6.07) is 2.33. The predicted octanol–water partition coefficient (Wildman–Crippen LogP) is 1.39. The maximum atomic E-state index is 9.51. The summed E-state index contributed by atoms with van der Waals surface area (Å²) in [6.45, 7) is 3.48. The molecule has 1 fully saturated rings. The molecule has 1 aliphatic carbocycles. The van der Waals surface area contributed by atoms with Gasteiger partial charge in [-0.2, -0.15) is 5.10 Å². The summed E-state index contributed by atoms with van der Waals surface area (Å²) in [4.78, 5) is 4.53. The first-order valence-electron chi connectivity index (χ1n) is 6.99. The quantitative estimate of drug-likeness (QED) is 0.354. The number of aliphatic hydroxyl groups excluding tert-OH is 1. The van der Waals surface area contributed by atoms with Gasteiger partial charge in [-0.15, -0.1) is 24.0 Å². The zero-order valence-electron chi connectivity index (χ0n) is 11.8. The molecular formula is C13H24IN5O. The highest BCUT2D eigenvalue weighted by molar-refractivity contribution is 14.0. The van der Waals surface area contributed by atoms with Gasteiger partial charge in [0.2, 0.25) is 0 Å². The van der Waals surface area contributed by atoms with Crippen molar-refractivity contribution in [2.45, 2.75) is 51.3 Å². The van der Waals surface area contributed by atoms with Gasteiger partial charge in [0, 0.05) is 18.8 Å². The van der Waals surface area contributed by atoms with E-state index in [4.69, 9.17) is 0 Å². The Morgan fingerprint density at radius 1 is 1.45 bits per heavy atom. The number of nitrogens with zero attached hydrogens (tertiary/aromatic N) is 2. The molecule has 4 N–H and O–H groups in total. The molecule has 1 aromatic rings. The van der Waals surface area contributed by atoms with Gasteiger partial charge in [0.25, 0.3) is 0 Å². The minimum absolute atomic E-state index is 0. The summed E-state index contributed by atoms with van der Waals surface area (Å²) in [5.41, 5.74) is 0.997. The van der Waals surface area contributed by atoms with E-state index in [1.807, 2.05) is 6.07 Å². The molecule has 1 aliphatic rings. The fourth-order valence-corrected chi connectivity index (χ4v) is 2.27.